The number of furan rings is 1. The first-order valence-corrected chi connectivity index (χ1v) is 7.39. The third kappa shape index (κ3) is 1.44. The normalized spacial score (nSPS) is 11.6. The average molecular weight is 283 g/mol. The predicted molar refractivity (Wildman–Crippen MR) is 90.6 cm³/mol. The summed E-state index contributed by atoms with van der Waals surface area (Å²) in [6, 6.07) is 27.1. The zero-order valence-corrected chi connectivity index (χ0v) is 11.9. The summed E-state index contributed by atoms with van der Waals surface area (Å²) in [4.78, 5) is 0. The van der Waals surface area contributed by atoms with Crippen molar-refractivity contribution in [3.8, 4) is 5.69 Å². The van der Waals surface area contributed by atoms with E-state index in [4.69, 9.17) is 4.42 Å². The Bertz CT molecular complexity index is 1110. The van der Waals surface area contributed by atoms with Gasteiger partial charge in [0.1, 0.15) is 11.1 Å². The van der Waals surface area contributed by atoms with Crippen molar-refractivity contribution in [2.24, 2.45) is 0 Å². The van der Waals surface area contributed by atoms with Crippen LogP contribution in [0.2, 0.25) is 0 Å². The van der Waals surface area contributed by atoms with Gasteiger partial charge in [0, 0.05) is 16.5 Å². The SMILES string of the molecule is c1ccc(-n2c3ccccc3c3oc4ccccc4c32)cc1. The van der Waals surface area contributed by atoms with Gasteiger partial charge in [-0.05, 0) is 36.4 Å². The van der Waals surface area contributed by atoms with Crippen LogP contribution in [0, 0.1) is 0 Å². The number of para-hydroxylation sites is 3. The van der Waals surface area contributed by atoms with E-state index in [9.17, 15) is 0 Å². The number of hydrogen-bond donors (Lipinski definition) is 0. The summed E-state index contributed by atoms with van der Waals surface area (Å²) in [7, 11) is 0. The molecular weight excluding hydrogens is 270 g/mol. The molecule has 0 spiro atoms. The molecule has 104 valence electrons. The van der Waals surface area contributed by atoms with E-state index < -0.39 is 0 Å². The molecule has 22 heavy (non-hydrogen) atoms. The van der Waals surface area contributed by atoms with Gasteiger partial charge in [0.15, 0.2) is 5.58 Å². The fourth-order valence-corrected chi connectivity index (χ4v) is 3.26. The Labute approximate surface area is 127 Å². The maximum absolute atomic E-state index is 6.15. The number of benzene rings is 3. The van der Waals surface area contributed by atoms with E-state index in [-0.39, 0.29) is 0 Å². The van der Waals surface area contributed by atoms with Crippen LogP contribution in [-0.2, 0) is 0 Å². The molecule has 0 fully saturated rings. The summed E-state index contributed by atoms with van der Waals surface area (Å²) in [5.41, 5.74) is 5.36. The van der Waals surface area contributed by atoms with Crippen molar-refractivity contribution in [1.29, 1.82) is 0 Å². The van der Waals surface area contributed by atoms with Gasteiger partial charge in [0.25, 0.3) is 0 Å². The lowest BCUT2D eigenvalue weighted by Crippen LogP contribution is -1.92. The first-order valence-electron chi connectivity index (χ1n) is 7.39. The number of aromatic nitrogens is 1. The van der Waals surface area contributed by atoms with Crippen molar-refractivity contribution < 1.29 is 4.42 Å². The highest BCUT2D eigenvalue weighted by molar-refractivity contribution is 6.16. The summed E-state index contributed by atoms with van der Waals surface area (Å²) in [5.74, 6) is 0. The quantitative estimate of drug-likeness (QED) is 0.395. The van der Waals surface area contributed by atoms with Crippen LogP contribution in [0.5, 0.6) is 0 Å². The molecule has 0 aliphatic rings. The molecule has 0 N–H and O–H groups in total. The van der Waals surface area contributed by atoms with Crippen LogP contribution in [0.3, 0.4) is 0 Å². The summed E-state index contributed by atoms with van der Waals surface area (Å²) < 4.78 is 8.44. The second-order valence-electron chi connectivity index (χ2n) is 5.46. The smallest absolute Gasteiger partial charge is 0.161 e. The summed E-state index contributed by atoms with van der Waals surface area (Å²) in [6.07, 6.45) is 0. The standard InChI is InChI=1S/C20H13NO/c1-2-8-14(9-3-1)21-17-12-6-4-10-15(17)20-19(21)16-11-5-7-13-18(16)22-20/h1-13H. The number of rotatable bonds is 1. The highest BCUT2D eigenvalue weighted by Crippen LogP contribution is 2.38. The third-order valence-corrected chi connectivity index (χ3v) is 4.20. The Morgan fingerprint density at radius 1 is 0.636 bits per heavy atom. The molecule has 5 rings (SSSR count). The Kier molecular flexibility index (Phi) is 2.25. The molecule has 2 heterocycles. The molecule has 0 atom stereocenters. The van der Waals surface area contributed by atoms with Crippen molar-refractivity contribution in [2.45, 2.75) is 0 Å². The van der Waals surface area contributed by atoms with E-state index in [2.05, 4.69) is 65.2 Å². The molecular formula is C20H13NO. The lowest BCUT2D eigenvalue weighted by Gasteiger charge is -2.06. The van der Waals surface area contributed by atoms with Crippen LogP contribution in [-0.4, -0.2) is 4.57 Å². The van der Waals surface area contributed by atoms with E-state index >= 15 is 0 Å². The molecule has 0 aliphatic carbocycles. The minimum atomic E-state index is 0.933. The molecule has 2 heteroatoms. The van der Waals surface area contributed by atoms with E-state index in [1.54, 1.807) is 0 Å². The maximum Gasteiger partial charge on any atom is 0.161 e. The molecule has 0 saturated heterocycles. The molecule has 0 saturated carbocycles. The number of fused-ring (bicyclic) bond motifs is 5. The van der Waals surface area contributed by atoms with Gasteiger partial charge < -0.3 is 8.98 Å². The molecule has 0 amide bonds. The number of hydrogen-bond acceptors (Lipinski definition) is 1. The third-order valence-electron chi connectivity index (χ3n) is 4.20. The first-order chi connectivity index (χ1) is 10.9. The van der Waals surface area contributed by atoms with Gasteiger partial charge in [-0.15, -0.1) is 0 Å². The van der Waals surface area contributed by atoms with Crippen LogP contribution < -0.4 is 0 Å². The topological polar surface area (TPSA) is 18.1 Å². The minimum Gasteiger partial charge on any atom is -0.454 e. The van der Waals surface area contributed by atoms with Crippen molar-refractivity contribution in [3.05, 3.63) is 78.9 Å². The Morgan fingerprint density at radius 3 is 2.18 bits per heavy atom. The van der Waals surface area contributed by atoms with E-state index in [1.807, 2.05) is 18.2 Å². The molecule has 2 nitrogen and oxygen atoms in total. The van der Waals surface area contributed by atoms with Crippen molar-refractivity contribution in [2.75, 3.05) is 0 Å². The second-order valence-corrected chi connectivity index (χ2v) is 5.46. The molecule has 0 unspecified atom stereocenters. The highest BCUT2D eigenvalue weighted by atomic mass is 16.3. The second kappa shape index (κ2) is 4.25. The Balaban J connectivity index is 2.08. The lowest BCUT2D eigenvalue weighted by atomic mass is 10.2. The van der Waals surface area contributed by atoms with Crippen LogP contribution in [0.1, 0.15) is 0 Å². The lowest BCUT2D eigenvalue weighted by molar-refractivity contribution is 0.673. The molecule has 3 aromatic carbocycles. The van der Waals surface area contributed by atoms with Gasteiger partial charge in [-0.3, -0.25) is 0 Å². The summed E-state index contributed by atoms with van der Waals surface area (Å²) in [5, 5.41) is 2.30. The summed E-state index contributed by atoms with van der Waals surface area (Å²) in [6.45, 7) is 0. The zero-order valence-electron chi connectivity index (χ0n) is 11.9. The van der Waals surface area contributed by atoms with Gasteiger partial charge in [-0.25, -0.2) is 0 Å². The van der Waals surface area contributed by atoms with Crippen LogP contribution in [0.4, 0.5) is 0 Å². The van der Waals surface area contributed by atoms with Gasteiger partial charge in [-0.1, -0.05) is 42.5 Å². The van der Waals surface area contributed by atoms with E-state index in [0.29, 0.717) is 0 Å². The van der Waals surface area contributed by atoms with Crippen molar-refractivity contribution >= 4 is 33.0 Å². The Morgan fingerprint density at radius 2 is 1.32 bits per heavy atom. The molecule has 0 bridgehead atoms. The molecule has 5 aromatic rings. The van der Waals surface area contributed by atoms with Gasteiger partial charge in [-0.2, -0.15) is 0 Å². The maximum atomic E-state index is 6.15. The van der Waals surface area contributed by atoms with Crippen LogP contribution in [0.15, 0.2) is 83.3 Å². The molecule has 0 aliphatic heterocycles. The first kappa shape index (κ1) is 11.6. The van der Waals surface area contributed by atoms with Crippen molar-refractivity contribution in [1.82, 2.24) is 4.57 Å². The monoisotopic (exact) mass is 283 g/mol. The van der Waals surface area contributed by atoms with Crippen molar-refractivity contribution in [3.63, 3.8) is 0 Å². The van der Waals surface area contributed by atoms with Crippen LogP contribution in [0.25, 0.3) is 38.7 Å². The van der Waals surface area contributed by atoms with Crippen LogP contribution >= 0.6 is 0 Å². The number of nitrogens with zero attached hydrogens (tertiary/aromatic N) is 1. The van der Waals surface area contributed by atoms with Gasteiger partial charge in [0.05, 0.1) is 5.52 Å². The van der Waals surface area contributed by atoms with E-state index in [0.717, 1.165) is 33.1 Å². The largest absolute Gasteiger partial charge is 0.454 e. The zero-order chi connectivity index (χ0) is 14.5. The fraction of sp³-hybridized carbons (Fsp3) is 0. The molecule has 0 radical (unpaired) electrons. The summed E-state index contributed by atoms with van der Waals surface area (Å²) >= 11 is 0. The highest BCUT2D eigenvalue weighted by Gasteiger charge is 2.18. The van der Waals surface area contributed by atoms with Gasteiger partial charge >= 0.3 is 0 Å². The predicted octanol–water partition coefficient (Wildman–Crippen LogP) is 5.53. The average Bonchev–Trinajstić information content (AvgIpc) is 3.10. The van der Waals surface area contributed by atoms with E-state index in [1.165, 1.54) is 5.52 Å². The minimum absolute atomic E-state index is 0.933. The Hall–Kier alpha value is -3.00. The van der Waals surface area contributed by atoms with Gasteiger partial charge in [0.2, 0.25) is 0 Å². The molecule has 2 aromatic heterocycles. The fourth-order valence-electron chi connectivity index (χ4n) is 3.26.